The number of hydrogen-bond donors (Lipinski definition) is 1. The molecule has 2 atom stereocenters. The Bertz CT molecular complexity index is 625. The van der Waals surface area contributed by atoms with Gasteiger partial charge in [-0.3, -0.25) is 0 Å². The van der Waals surface area contributed by atoms with Crippen molar-refractivity contribution in [3.8, 4) is 0 Å². The van der Waals surface area contributed by atoms with Crippen LogP contribution in [0.2, 0.25) is 5.15 Å². The molecule has 1 aliphatic carbocycles. The van der Waals surface area contributed by atoms with Crippen LogP contribution in [0.3, 0.4) is 0 Å². The molecular formula is C16H22ClN3S. The third kappa shape index (κ3) is 3.32. The van der Waals surface area contributed by atoms with Crippen molar-refractivity contribution in [2.45, 2.75) is 58.4 Å². The lowest BCUT2D eigenvalue weighted by Crippen LogP contribution is -2.31. The Labute approximate surface area is 135 Å². The van der Waals surface area contributed by atoms with Gasteiger partial charge in [-0.2, -0.15) is 0 Å². The molecule has 2 aromatic rings. The first-order valence-electron chi connectivity index (χ1n) is 7.90. The van der Waals surface area contributed by atoms with Crippen LogP contribution in [0.25, 0.3) is 10.2 Å². The van der Waals surface area contributed by atoms with E-state index in [9.17, 15) is 0 Å². The predicted octanol–water partition coefficient (Wildman–Crippen LogP) is 5.29. The van der Waals surface area contributed by atoms with E-state index in [-0.39, 0.29) is 0 Å². The summed E-state index contributed by atoms with van der Waals surface area (Å²) in [4.78, 5) is 11.5. The standard InChI is InChI=1S/C16H22ClN3S/c1-3-6-11-9-12-14(17)19-16(20-15(12)21-11)18-13-8-5-4-7-10(13)2/h9-10,13H,3-8H2,1-2H3,(H,18,19,20). The highest BCUT2D eigenvalue weighted by Crippen LogP contribution is 2.32. The number of hydrogen-bond acceptors (Lipinski definition) is 4. The number of anilines is 1. The summed E-state index contributed by atoms with van der Waals surface area (Å²) < 4.78 is 0. The van der Waals surface area contributed by atoms with Gasteiger partial charge in [0, 0.05) is 16.3 Å². The van der Waals surface area contributed by atoms with Crippen LogP contribution in [0.4, 0.5) is 5.95 Å². The van der Waals surface area contributed by atoms with Gasteiger partial charge in [-0.05, 0) is 31.2 Å². The Morgan fingerprint density at radius 2 is 2.14 bits per heavy atom. The van der Waals surface area contributed by atoms with Gasteiger partial charge in [0.25, 0.3) is 0 Å². The minimum Gasteiger partial charge on any atom is -0.351 e. The van der Waals surface area contributed by atoms with Crippen LogP contribution in [0.1, 0.15) is 50.8 Å². The fraction of sp³-hybridized carbons (Fsp3) is 0.625. The van der Waals surface area contributed by atoms with Gasteiger partial charge in [-0.1, -0.05) is 44.7 Å². The largest absolute Gasteiger partial charge is 0.351 e. The number of fused-ring (bicyclic) bond motifs is 1. The molecule has 1 fully saturated rings. The summed E-state index contributed by atoms with van der Waals surface area (Å²) >= 11 is 8.08. The minimum atomic E-state index is 0.474. The number of halogens is 1. The van der Waals surface area contributed by atoms with Crippen molar-refractivity contribution in [1.82, 2.24) is 9.97 Å². The molecule has 3 nitrogen and oxygen atoms in total. The van der Waals surface area contributed by atoms with Crippen molar-refractivity contribution in [2.24, 2.45) is 5.92 Å². The van der Waals surface area contributed by atoms with Crippen molar-refractivity contribution in [3.05, 3.63) is 16.1 Å². The summed E-state index contributed by atoms with van der Waals surface area (Å²) in [5, 5.41) is 5.07. The third-order valence-electron chi connectivity index (χ3n) is 4.32. The van der Waals surface area contributed by atoms with Gasteiger partial charge in [0.1, 0.15) is 9.98 Å². The second-order valence-electron chi connectivity index (χ2n) is 6.03. The van der Waals surface area contributed by atoms with Crippen LogP contribution in [0.15, 0.2) is 6.07 Å². The highest BCUT2D eigenvalue weighted by Gasteiger charge is 2.22. The molecule has 0 aliphatic heterocycles. The monoisotopic (exact) mass is 323 g/mol. The molecule has 1 aliphatic rings. The Balaban J connectivity index is 1.85. The SMILES string of the molecule is CCCc1cc2c(Cl)nc(NC3CCCCC3C)nc2s1. The molecule has 0 spiro atoms. The molecule has 5 heteroatoms. The second-order valence-corrected chi connectivity index (χ2v) is 7.51. The number of aromatic nitrogens is 2. The van der Waals surface area contributed by atoms with Crippen LogP contribution < -0.4 is 5.32 Å². The predicted molar refractivity (Wildman–Crippen MR) is 91.5 cm³/mol. The van der Waals surface area contributed by atoms with E-state index < -0.39 is 0 Å². The van der Waals surface area contributed by atoms with Crippen LogP contribution in [0, 0.1) is 5.92 Å². The summed E-state index contributed by atoms with van der Waals surface area (Å²) in [7, 11) is 0. The summed E-state index contributed by atoms with van der Waals surface area (Å²) in [5.74, 6) is 1.37. The zero-order chi connectivity index (χ0) is 14.8. The molecule has 0 aromatic carbocycles. The molecule has 0 bridgehead atoms. The summed E-state index contributed by atoms with van der Waals surface area (Å²) in [6.45, 7) is 4.50. The highest BCUT2D eigenvalue weighted by atomic mass is 35.5. The number of thiophene rings is 1. The van der Waals surface area contributed by atoms with Gasteiger partial charge in [0.05, 0.1) is 0 Å². The molecule has 2 aromatic heterocycles. The van der Waals surface area contributed by atoms with Crippen molar-refractivity contribution < 1.29 is 0 Å². The lowest BCUT2D eigenvalue weighted by molar-refractivity contribution is 0.348. The Kier molecular flexibility index (Phi) is 4.65. The van der Waals surface area contributed by atoms with E-state index in [2.05, 4.69) is 35.2 Å². The topological polar surface area (TPSA) is 37.8 Å². The van der Waals surface area contributed by atoms with E-state index in [1.807, 2.05) is 0 Å². The summed E-state index contributed by atoms with van der Waals surface area (Å²) in [6, 6.07) is 2.61. The lowest BCUT2D eigenvalue weighted by Gasteiger charge is -2.29. The van der Waals surface area contributed by atoms with E-state index in [0.717, 1.165) is 23.1 Å². The molecule has 1 saturated carbocycles. The van der Waals surface area contributed by atoms with Gasteiger partial charge in [0.15, 0.2) is 0 Å². The number of aryl methyl sites for hydroxylation is 1. The van der Waals surface area contributed by atoms with Gasteiger partial charge in [0.2, 0.25) is 5.95 Å². The van der Waals surface area contributed by atoms with E-state index in [1.165, 1.54) is 30.6 Å². The number of nitrogens with zero attached hydrogens (tertiary/aromatic N) is 2. The first kappa shape index (κ1) is 15.0. The molecule has 2 unspecified atom stereocenters. The first-order valence-corrected chi connectivity index (χ1v) is 9.09. The van der Waals surface area contributed by atoms with Gasteiger partial charge in [-0.25, -0.2) is 9.97 Å². The maximum absolute atomic E-state index is 6.35. The molecular weight excluding hydrogens is 302 g/mol. The van der Waals surface area contributed by atoms with Gasteiger partial charge in [-0.15, -0.1) is 11.3 Å². The van der Waals surface area contributed by atoms with E-state index >= 15 is 0 Å². The fourth-order valence-corrected chi connectivity index (χ4v) is 4.48. The molecule has 0 amide bonds. The van der Waals surface area contributed by atoms with Gasteiger partial charge < -0.3 is 5.32 Å². The number of rotatable bonds is 4. The highest BCUT2D eigenvalue weighted by molar-refractivity contribution is 7.18. The van der Waals surface area contributed by atoms with E-state index in [0.29, 0.717) is 23.1 Å². The minimum absolute atomic E-state index is 0.474. The van der Waals surface area contributed by atoms with Crippen molar-refractivity contribution in [2.75, 3.05) is 5.32 Å². The second kappa shape index (κ2) is 6.49. The maximum atomic E-state index is 6.35. The Morgan fingerprint density at radius 3 is 2.90 bits per heavy atom. The van der Waals surface area contributed by atoms with Crippen LogP contribution in [-0.4, -0.2) is 16.0 Å². The Morgan fingerprint density at radius 1 is 1.33 bits per heavy atom. The fourth-order valence-electron chi connectivity index (χ4n) is 3.07. The average Bonchev–Trinajstić information content (AvgIpc) is 2.85. The first-order chi connectivity index (χ1) is 10.2. The lowest BCUT2D eigenvalue weighted by atomic mass is 9.86. The quantitative estimate of drug-likeness (QED) is 0.777. The molecule has 21 heavy (non-hydrogen) atoms. The van der Waals surface area contributed by atoms with Gasteiger partial charge >= 0.3 is 0 Å². The molecule has 2 heterocycles. The normalized spacial score (nSPS) is 22.6. The van der Waals surface area contributed by atoms with Crippen molar-refractivity contribution in [3.63, 3.8) is 0 Å². The molecule has 114 valence electrons. The molecule has 1 N–H and O–H groups in total. The zero-order valence-electron chi connectivity index (χ0n) is 12.7. The summed E-state index contributed by atoms with van der Waals surface area (Å²) in [5.41, 5.74) is 0. The molecule has 3 rings (SSSR count). The average molecular weight is 324 g/mol. The van der Waals surface area contributed by atoms with Crippen LogP contribution in [0.5, 0.6) is 0 Å². The molecule has 0 radical (unpaired) electrons. The van der Waals surface area contributed by atoms with Crippen molar-refractivity contribution >= 4 is 39.1 Å². The Hall–Kier alpha value is -0.870. The van der Waals surface area contributed by atoms with Crippen molar-refractivity contribution in [1.29, 1.82) is 0 Å². The zero-order valence-corrected chi connectivity index (χ0v) is 14.2. The van der Waals surface area contributed by atoms with Crippen LogP contribution >= 0.6 is 22.9 Å². The smallest absolute Gasteiger partial charge is 0.225 e. The third-order valence-corrected chi connectivity index (χ3v) is 5.70. The van der Waals surface area contributed by atoms with E-state index in [1.54, 1.807) is 11.3 Å². The van der Waals surface area contributed by atoms with E-state index in [4.69, 9.17) is 11.6 Å². The molecule has 0 saturated heterocycles. The number of nitrogens with one attached hydrogen (secondary N) is 1. The summed E-state index contributed by atoms with van der Waals surface area (Å²) in [6.07, 6.45) is 7.34. The van der Waals surface area contributed by atoms with Crippen LogP contribution in [-0.2, 0) is 6.42 Å². The maximum Gasteiger partial charge on any atom is 0.225 e.